The normalized spacial score (nSPS) is 20.1. The maximum Gasteiger partial charge on any atom is 0.416 e. The molecule has 20 heavy (non-hydrogen) atoms. The summed E-state index contributed by atoms with van der Waals surface area (Å²) in [5.74, 6) is 0. The van der Waals surface area contributed by atoms with Crippen LogP contribution in [0.3, 0.4) is 0 Å². The Labute approximate surface area is 118 Å². The van der Waals surface area contributed by atoms with E-state index in [1.807, 2.05) is 6.92 Å². The SMILES string of the molecule is CC(NC1CCN(C)CC1)c1cccc(C(F)(F)F)c1. The molecule has 0 radical (unpaired) electrons. The fraction of sp³-hybridized carbons (Fsp3) is 0.600. The Morgan fingerprint density at radius 1 is 1.25 bits per heavy atom. The lowest BCUT2D eigenvalue weighted by Gasteiger charge is -2.31. The maximum absolute atomic E-state index is 12.7. The monoisotopic (exact) mass is 286 g/mol. The first-order valence-electron chi connectivity index (χ1n) is 6.98. The van der Waals surface area contributed by atoms with E-state index in [-0.39, 0.29) is 6.04 Å². The van der Waals surface area contributed by atoms with Gasteiger partial charge in [-0.2, -0.15) is 13.2 Å². The van der Waals surface area contributed by atoms with Crippen molar-refractivity contribution < 1.29 is 13.2 Å². The molecule has 0 spiro atoms. The molecule has 0 aliphatic carbocycles. The summed E-state index contributed by atoms with van der Waals surface area (Å²) in [6.45, 7) is 3.99. The van der Waals surface area contributed by atoms with Gasteiger partial charge in [-0.15, -0.1) is 0 Å². The maximum atomic E-state index is 12.7. The van der Waals surface area contributed by atoms with Crippen molar-refractivity contribution in [3.05, 3.63) is 35.4 Å². The Morgan fingerprint density at radius 3 is 2.50 bits per heavy atom. The number of nitrogens with one attached hydrogen (secondary N) is 1. The van der Waals surface area contributed by atoms with E-state index in [0.29, 0.717) is 11.6 Å². The van der Waals surface area contributed by atoms with Crippen molar-refractivity contribution in [3.8, 4) is 0 Å². The van der Waals surface area contributed by atoms with Crippen LogP contribution in [0.2, 0.25) is 0 Å². The van der Waals surface area contributed by atoms with E-state index in [2.05, 4.69) is 17.3 Å². The molecule has 2 rings (SSSR count). The fourth-order valence-corrected chi connectivity index (χ4v) is 2.61. The van der Waals surface area contributed by atoms with Crippen LogP contribution in [0, 0.1) is 0 Å². The molecule has 0 saturated carbocycles. The van der Waals surface area contributed by atoms with Gasteiger partial charge < -0.3 is 10.2 Å². The second-order valence-corrected chi connectivity index (χ2v) is 5.59. The van der Waals surface area contributed by atoms with Crippen molar-refractivity contribution >= 4 is 0 Å². The van der Waals surface area contributed by atoms with Crippen molar-refractivity contribution in [2.45, 2.75) is 38.0 Å². The minimum Gasteiger partial charge on any atom is -0.307 e. The van der Waals surface area contributed by atoms with Gasteiger partial charge in [-0.25, -0.2) is 0 Å². The van der Waals surface area contributed by atoms with Gasteiger partial charge in [-0.1, -0.05) is 12.1 Å². The summed E-state index contributed by atoms with van der Waals surface area (Å²) in [5.41, 5.74) is 0.116. The topological polar surface area (TPSA) is 15.3 Å². The zero-order chi connectivity index (χ0) is 14.8. The molecule has 5 heteroatoms. The van der Waals surface area contributed by atoms with Crippen molar-refractivity contribution in [1.82, 2.24) is 10.2 Å². The lowest BCUT2D eigenvalue weighted by Crippen LogP contribution is -2.41. The molecule has 1 aromatic carbocycles. The van der Waals surface area contributed by atoms with Crippen LogP contribution >= 0.6 is 0 Å². The van der Waals surface area contributed by atoms with Crippen LogP contribution in [0.25, 0.3) is 0 Å². The van der Waals surface area contributed by atoms with E-state index >= 15 is 0 Å². The van der Waals surface area contributed by atoms with E-state index in [1.54, 1.807) is 6.07 Å². The van der Waals surface area contributed by atoms with E-state index in [1.165, 1.54) is 12.1 Å². The highest BCUT2D eigenvalue weighted by Crippen LogP contribution is 2.30. The Balaban J connectivity index is 2.00. The second kappa shape index (κ2) is 6.14. The molecule has 0 amide bonds. The number of piperidine rings is 1. The van der Waals surface area contributed by atoms with Gasteiger partial charge in [-0.05, 0) is 57.6 Å². The van der Waals surface area contributed by atoms with E-state index in [9.17, 15) is 13.2 Å². The molecule has 0 bridgehead atoms. The number of rotatable bonds is 3. The third kappa shape index (κ3) is 3.96. The van der Waals surface area contributed by atoms with Crippen molar-refractivity contribution in [3.63, 3.8) is 0 Å². The number of likely N-dealkylation sites (tertiary alicyclic amines) is 1. The first-order valence-corrected chi connectivity index (χ1v) is 6.98. The molecule has 1 aromatic rings. The molecule has 1 fully saturated rings. The molecule has 1 atom stereocenters. The van der Waals surface area contributed by atoms with E-state index in [0.717, 1.165) is 32.0 Å². The summed E-state index contributed by atoms with van der Waals surface area (Å²) < 4.78 is 38.1. The van der Waals surface area contributed by atoms with Crippen LogP contribution in [0.4, 0.5) is 13.2 Å². The lowest BCUT2D eigenvalue weighted by atomic mass is 10.0. The van der Waals surface area contributed by atoms with Gasteiger partial charge in [0.05, 0.1) is 5.56 Å². The van der Waals surface area contributed by atoms with Gasteiger partial charge in [-0.3, -0.25) is 0 Å². The molecule has 2 nitrogen and oxygen atoms in total. The van der Waals surface area contributed by atoms with Crippen molar-refractivity contribution in [2.75, 3.05) is 20.1 Å². The highest BCUT2D eigenvalue weighted by Gasteiger charge is 2.30. The predicted octanol–water partition coefficient (Wildman–Crippen LogP) is 3.45. The van der Waals surface area contributed by atoms with Gasteiger partial charge in [0.1, 0.15) is 0 Å². The smallest absolute Gasteiger partial charge is 0.307 e. The molecule has 1 heterocycles. The molecule has 112 valence electrons. The lowest BCUT2D eigenvalue weighted by molar-refractivity contribution is -0.137. The summed E-state index contributed by atoms with van der Waals surface area (Å²) in [7, 11) is 2.09. The number of hydrogen-bond donors (Lipinski definition) is 1. The Morgan fingerprint density at radius 2 is 1.90 bits per heavy atom. The third-order valence-electron chi connectivity index (χ3n) is 3.92. The van der Waals surface area contributed by atoms with Gasteiger partial charge in [0.15, 0.2) is 0 Å². The van der Waals surface area contributed by atoms with Gasteiger partial charge >= 0.3 is 6.18 Å². The Kier molecular flexibility index (Phi) is 4.70. The molecular formula is C15H21F3N2. The van der Waals surface area contributed by atoms with Crippen LogP contribution < -0.4 is 5.32 Å². The van der Waals surface area contributed by atoms with Gasteiger partial charge in [0.25, 0.3) is 0 Å². The predicted molar refractivity (Wildman–Crippen MR) is 73.5 cm³/mol. The standard InChI is InChI=1S/C15H21F3N2/c1-11(19-14-6-8-20(2)9-7-14)12-4-3-5-13(10-12)15(16,17)18/h3-5,10-11,14,19H,6-9H2,1-2H3. The van der Waals surface area contributed by atoms with Crippen LogP contribution in [-0.4, -0.2) is 31.1 Å². The van der Waals surface area contributed by atoms with Crippen LogP contribution in [0.1, 0.15) is 36.9 Å². The summed E-state index contributed by atoms with van der Waals surface area (Å²) >= 11 is 0. The highest BCUT2D eigenvalue weighted by atomic mass is 19.4. The van der Waals surface area contributed by atoms with Crippen molar-refractivity contribution in [2.24, 2.45) is 0 Å². The minimum absolute atomic E-state index is 0.0642. The van der Waals surface area contributed by atoms with Gasteiger partial charge in [0, 0.05) is 12.1 Å². The fourth-order valence-electron chi connectivity index (χ4n) is 2.61. The summed E-state index contributed by atoms with van der Waals surface area (Å²) in [6.07, 6.45) is -2.19. The largest absolute Gasteiger partial charge is 0.416 e. The summed E-state index contributed by atoms with van der Waals surface area (Å²) in [4.78, 5) is 2.27. The molecular weight excluding hydrogens is 265 g/mol. The number of hydrogen-bond acceptors (Lipinski definition) is 2. The zero-order valence-corrected chi connectivity index (χ0v) is 11.9. The molecule has 1 aliphatic heterocycles. The third-order valence-corrected chi connectivity index (χ3v) is 3.92. The van der Waals surface area contributed by atoms with Crippen molar-refractivity contribution in [1.29, 1.82) is 0 Å². The number of alkyl halides is 3. The van der Waals surface area contributed by atoms with Crippen LogP contribution in [0.5, 0.6) is 0 Å². The molecule has 0 aromatic heterocycles. The quantitative estimate of drug-likeness (QED) is 0.915. The Bertz CT molecular complexity index is 437. The molecule has 1 aliphatic rings. The van der Waals surface area contributed by atoms with Crippen LogP contribution in [0.15, 0.2) is 24.3 Å². The number of benzene rings is 1. The molecule has 1 N–H and O–H groups in total. The average molecular weight is 286 g/mol. The summed E-state index contributed by atoms with van der Waals surface area (Å²) in [5, 5.41) is 3.44. The minimum atomic E-state index is -4.27. The first kappa shape index (κ1) is 15.3. The molecule has 1 unspecified atom stereocenters. The van der Waals surface area contributed by atoms with Gasteiger partial charge in [0.2, 0.25) is 0 Å². The summed E-state index contributed by atoms with van der Waals surface area (Å²) in [6, 6.07) is 5.91. The number of halogens is 3. The van der Waals surface area contributed by atoms with E-state index in [4.69, 9.17) is 0 Å². The molecule has 1 saturated heterocycles. The highest BCUT2D eigenvalue weighted by molar-refractivity contribution is 5.27. The second-order valence-electron chi connectivity index (χ2n) is 5.59. The number of nitrogens with zero attached hydrogens (tertiary/aromatic N) is 1. The Hall–Kier alpha value is -1.07. The zero-order valence-electron chi connectivity index (χ0n) is 11.9. The van der Waals surface area contributed by atoms with E-state index < -0.39 is 11.7 Å². The van der Waals surface area contributed by atoms with Crippen LogP contribution in [-0.2, 0) is 6.18 Å². The average Bonchev–Trinajstić information content (AvgIpc) is 2.40. The first-order chi connectivity index (χ1) is 9.36.